The van der Waals surface area contributed by atoms with Crippen LogP contribution in [0.3, 0.4) is 0 Å². The molecule has 0 aliphatic heterocycles. The van der Waals surface area contributed by atoms with Gasteiger partial charge in [-0.1, -0.05) is 72.8 Å². The lowest BCUT2D eigenvalue weighted by atomic mass is 9.80. The van der Waals surface area contributed by atoms with E-state index in [0.717, 1.165) is 41.6 Å². The highest BCUT2D eigenvalue weighted by molar-refractivity contribution is 7.85. The molecule has 0 unspecified atom stereocenters. The molecule has 4 aromatic rings. The van der Waals surface area contributed by atoms with Gasteiger partial charge in [0.1, 0.15) is 0 Å². The summed E-state index contributed by atoms with van der Waals surface area (Å²) in [7, 11) is 1.17. The van der Waals surface area contributed by atoms with Crippen LogP contribution in [0.1, 0.15) is 47.9 Å². The van der Waals surface area contributed by atoms with Crippen molar-refractivity contribution in [1.29, 1.82) is 0 Å². The quantitative estimate of drug-likeness (QED) is 0.278. The maximum absolute atomic E-state index is 15.7. The molecule has 0 aromatic heterocycles. The average molecular weight is 506 g/mol. The maximum atomic E-state index is 15.7. The van der Waals surface area contributed by atoms with E-state index in [2.05, 4.69) is 67.5 Å². The Morgan fingerprint density at radius 3 is 1.59 bits per heavy atom. The molecule has 0 bridgehead atoms. The molecule has 2 aliphatic rings. The van der Waals surface area contributed by atoms with Gasteiger partial charge in [-0.05, 0) is 91.3 Å². The molecule has 37 heavy (non-hydrogen) atoms. The van der Waals surface area contributed by atoms with Gasteiger partial charge in [-0.3, -0.25) is 0 Å². The Morgan fingerprint density at radius 1 is 0.568 bits per heavy atom. The van der Waals surface area contributed by atoms with Crippen molar-refractivity contribution in [3.05, 3.63) is 107 Å². The second-order valence-corrected chi connectivity index (χ2v) is 13.5. The van der Waals surface area contributed by atoms with E-state index in [4.69, 9.17) is 0 Å². The monoisotopic (exact) mass is 505 g/mol. The van der Waals surface area contributed by atoms with E-state index < -0.39 is 7.14 Å². The fourth-order valence-corrected chi connectivity index (χ4v) is 9.41. The van der Waals surface area contributed by atoms with Crippen LogP contribution in [0.25, 0.3) is 11.1 Å². The van der Waals surface area contributed by atoms with Gasteiger partial charge in [-0.25, -0.2) is 0 Å². The molecule has 0 saturated carbocycles. The first-order valence-electron chi connectivity index (χ1n) is 13.8. The second-order valence-electron chi connectivity index (χ2n) is 10.8. The Bertz CT molecular complexity index is 1430. The third-order valence-corrected chi connectivity index (χ3v) is 11.4. The van der Waals surface area contributed by atoms with Crippen LogP contribution in [0.2, 0.25) is 0 Å². The smallest absolute Gasteiger partial charge is 0.171 e. The van der Waals surface area contributed by atoms with Crippen LogP contribution in [-0.4, -0.2) is 14.1 Å². The molecule has 0 saturated heterocycles. The summed E-state index contributed by atoms with van der Waals surface area (Å²) < 4.78 is 15.7. The fourth-order valence-electron chi connectivity index (χ4n) is 6.53. The maximum Gasteiger partial charge on any atom is 0.171 e. The third kappa shape index (κ3) is 4.16. The number of nitrogens with zero attached hydrogens (tertiary/aromatic N) is 1. The van der Waals surface area contributed by atoms with E-state index in [-0.39, 0.29) is 0 Å². The summed E-state index contributed by atoms with van der Waals surface area (Å²) in [4.78, 5) is 2.26. The number of fused-ring (bicyclic) bond motifs is 2. The highest BCUT2D eigenvalue weighted by Crippen LogP contribution is 2.50. The number of hydrogen-bond acceptors (Lipinski definition) is 2. The van der Waals surface area contributed by atoms with Gasteiger partial charge in [0.05, 0.1) is 0 Å². The summed E-state index contributed by atoms with van der Waals surface area (Å²) in [5.41, 5.74) is 9.66. The molecule has 0 atom stereocenters. The lowest BCUT2D eigenvalue weighted by molar-refractivity contribution is 0.592. The molecular formula is C34H36NOP. The van der Waals surface area contributed by atoms with Gasteiger partial charge >= 0.3 is 0 Å². The van der Waals surface area contributed by atoms with Gasteiger partial charge in [0.25, 0.3) is 0 Å². The molecule has 0 amide bonds. The summed E-state index contributed by atoms with van der Waals surface area (Å²) in [6, 6.07) is 29.5. The Hall–Kier alpha value is -3.09. The van der Waals surface area contributed by atoms with Gasteiger partial charge in [0.2, 0.25) is 0 Å². The molecule has 0 N–H and O–H groups in total. The lowest BCUT2D eigenvalue weighted by Crippen LogP contribution is -2.29. The number of hydrogen-bond donors (Lipinski definition) is 0. The Labute approximate surface area is 221 Å². The van der Waals surface area contributed by atoms with Crippen LogP contribution in [0.4, 0.5) is 5.69 Å². The van der Waals surface area contributed by atoms with E-state index in [1.807, 2.05) is 36.4 Å². The van der Waals surface area contributed by atoms with Gasteiger partial charge in [-0.15, -0.1) is 0 Å². The fraction of sp³-hybridized carbons (Fsp3) is 0.294. The number of anilines is 1. The molecule has 0 heterocycles. The van der Waals surface area contributed by atoms with Crippen molar-refractivity contribution in [2.75, 3.05) is 19.0 Å². The predicted octanol–water partition coefficient (Wildman–Crippen LogP) is 6.82. The summed E-state index contributed by atoms with van der Waals surface area (Å²) in [5.74, 6) is 0. The van der Waals surface area contributed by atoms with Crippen LogP contribution in [0, 0.1) is 0 Å². The van der Waals surface area contributed by atoms with Crippen molar-refractivity contribution in [3.63, 3.8) is 0 Å². The van der Waals surface area contributed by atoms with E-state index in [0.29, 0.717) is 0 Å². The first-order chi connectivity index (χ1) is 18.1. The number of aryl methyl sites for hydroxylation is 2. The molecule has 6 rings (SSSR count). The SMILES string of the molecule is CN(C)c1ccc2c(c1-c1c(P(=O)(c3ccccc3)c3ccccc3)ccc3c1CCCC3)CCCC2. The molecule has 4 aromatic carbocycles. The number of rotatable bonds is 5. The van der Waals surface area contributed by atoms with E-state index in [1.54, 1.807) is 0 Å². The van der Waals surface area contributed by atoms with Crippen molar-refractivity contribution < 1.29 is 4.57 Å². The minimum absolute atomic E-state index is 0.911. The van der Waals surface area contributed by atoms with Gasteiger partial charge in [-0.2, -0.15) is 0 Å². The summed E-state index contributed by atoms with van der Waals surface area (Å²) in [6.07, 6.45) is 9.28. The minimum Gasteiger partial charge on any atom is -0.377 e. The predicted molar refractivity (Wildman–Crippen MR) is 159 cm³/mol. The van der Waals surface area contributed by atoms with Gasteiger partial charge in [0, 0.05) is 41.3 Å². The van der Waals surface area contributed by atoms with Crippen LogP contribution in [0.15, 0.2) is 84.9 Å². The highest BCUT2D eigenvalue weighted by Gasteiger charge is 2.36. The topological polar surface area (TPSA) is 20.3 Å². The standard InChI is InChI=1S/C34H36NOP/c1-35(2)31-23-21-25-13-9-11-19-29(25)33(31)34-30-20-12-10-14-26(30)22-24-32(34)37(36,27-15-5-3-6-16-27)28-17-7-4-8-18-28/h3-8,15-18,21-24H,9-14,19-20H2,1-2H3. The van der Waals surface area contributed by atoms with Crippen LogP contribution < -0.4 is 20.8 Å². The Balaban J connectivity index is 1.75. The average Bonchev–Trinajstić information content (AvgIpc) is 2.96. The molecule has 0 spiro atoms. The van der Waals surface area contributed by atoms with Crippen LogP contribution >= 0.6 is 7.14 Å². The van der Waals surface area contributed by atoms with E-state index >= 15 is 4.57 Å². The van der Waals surface area contributed by atoms with E-state index in [9.17, 15) is 0 Å². The summed E-state index contributed by atoms with van der Waals surface area (Å²) in [5, 5.41) is 2.83. The molecule has 2 aliphatic carbocycles. The first kappa shape index (κ1) is 24.3. The van der Waals surface area contributed by atoms with Gasteiger partial charge in [0.15, 0.2) is 7.14 Å². The normalized spacial score (nSPS) is 15.1. The van der Waals surface area contributed by atoms with Crippen LogP contribution in [0.5, 0.6) is 0 Å². The van der Waals surface area contributed by atoms with Crippen molar-refractivity contribution in [2.24, 2.45) is 0 Å². The third-order valence-electron chi connectivity index (χ3n) is 8.33. The minimum atomic E-state index is -3.13. The lowest BCUT2D eigenvalue weighted by Gasteiger charge is -2.32. The summed E-state index contributed by atoms with van der Waals surface area (Å²) >= 11 is 0. The van der Waals surface area contributed by atoms with Crippen molar-refractivity contribution in [2.45, 2.75) is 51.4 Å². The first-order valence-corrected chi connectivity index (χ1v) is 15.5. The van der Waals surface area contributed by atoms with Crippen molar-refractivity contribution in [1.82, 2.24) is 0 Å². The molecule has 0 fully saturated rings. The summed E-state index contributed by atoms with van der Waals surface area (Å²) in [6.45, 7) is 0. The molecular weight excluding hydrogens is 469 g/mol. The second kappa shape index (κ2) is 9.99. The van der Waals surface area contributed by atoms with Crippen LogP contribution in [-0.2, 0) is 30.2 Å². The zero-order valence-corrected chi connectivity index (χ0v) is 22.9. The van der Waals surface area contributed by atoms with Crippen molar-refractivity contribution >= 4 is 28.7 Å². The van der Waals surface area contributed by atoms with Crippen molar-refractivity contribution in [3.8, 4) is 11.1 Å². The number of benzene rings is 4. The molecule has 3 heteroatoms. The molecule has 0 radical (unpaired) electrons. The molecule has 2 nitrogen and oxygen atoms in total. The zero-order valence-electron chi connectivity index (χ0n) is 22.0. The van der Waals surface area contributed by atoms with E-state index in [1.165, 1.54) is 64.8 Å². The Morgan fingerprint density at radius 2 is 1.05 bits per heavy atom. The molecule has 188 valence electrons. The largest absolute Gasteiger partial charge is 0.377 e. The zero-order chi connectivity index (χ0) is 25.4. The highest BCUT2D eigenvalue weighted by atomic mass is 31.2. The van der Waals surface area contributed by atoms with Gasteiger partial charge < -0.3 is 9.46 Å². The Kier molecular flexibility index (Phi) is 6.55.